The Morgan fingerprint density at radius 3 is 2.32 bits per heavy atom. The van der Waals surface area contributed by atoms with Crippen molar-refractivity contribution in [2.75, 3.05) is 0 Å². The molecule has 1 aromatic rings. The van der Waals surface area contributed by atoms with Crippen LogP contribution in [-0.4, -0.2) is 6.10 Å². The van der Waals surface area contributed by atoms with E-state index in [1.54, 1.807) is 0 Å². The van der Waals surface area contributed by atoms with Crippen LogP contribution in [-0.2, 0) is 0 Å². The molecule has 0 unspecified atom stereocenters. The third kappa shape index (κ3) is 2.35. The highest BCUT2D eigenvalue weighted by atomic mass is 35.5. The molecule has 1 aromatic carbocycles. The minimum absolute atomic E-state index is 0.200. The largest absolute Gasteiger partial charge is 0.489 e. The van der Waals surface area contributed by atoms with Crippen LogP contribution in [0.3, 0.4) is 0 Å². The lowest BCUT2D eigenvalue weighted by Gasteiger charge is -2.56. The lowest BCUT2D eigenvalue weighted by Crippen LogP contribution is -2.58. The lowest BCUT2D eigenvalue weighted by molar-refractivity contribution is -0.134. The second-order valence-corrected chi connectivity index (χ2v) is 7.22. The van der Waals surface area contributed by atoms with E-state index in [0.29, 0.717) is 5.02 Å². The van der Waals surface area contributed by atoms with Gasteiger partial charge in [0.15, 0.2) is 0 Å². The van der Waals surface area contributed by atoms with Gasteiger partial charge in [0.05, 0.1) is 5.02 Å². The van der Waals surface area contributed by atoms with Crippen molar-refractivity contribution in [2.24, 2.45) is 10.8 Å². The molecule has 0 saturated heterocycles. The highest BCUT2D eigenvalue weighted by Gasteiger charge is 2.55. The molecule has 0 aromatic heterocycles. The number of hydrogen-bond donors (Lipinski definition) is 0. The standard InChI is InChI=1S/C17H21ClO/c1-7-12-8-9-13(11(2)14(12)18)19-15-16(3,4)10-17(15,5)6/h1,8-9,15H,10H2,2-6H3. The van der Waals surface area contributed by atoms with Gasteiger partial charge in [-0.15, -0.1) is 6.42 Å². The van der Waals surface area contributed by atoms with E-state index in [1.165, 1.54) is 6.42 Å². The van der Waals surface area contributed by atoms with Gasteiger partial charge in [0, 0.05) is 22.0 Å². The minimum atomic E-state index is 0.200. The number of rotatable bonds is 2. The Morgan fingerprint density at radius 1 is 1.26 bits per heavy atom. The third-order valence-corrected chi connectivity index (χ3v) is 4.55. The number of benzene rings is 1. The second-order valence-electron chi connectivity index (χ2n) is 6.85. The normalized spacial score (nSPS) is 20.5. The van der Waals surface area contributed by atoms with E-state index in [0.717, 1.165) is 16.9 Å². The Kier molecular flexibility index (Phi) is 3.35. The van der Waals surface area contributed by atoms with Crippen LogP contribution in [0.1, 0.15) is 45.2 Å². The maximum Gasteiger partial charge on any atom is 0.124 e. The fraction of sp³-hybridized carbons (Fsp3) is 0.529. The zero-order valence-electron chi connectivity index (χ0n) is 12.3. The molecule has 1 saturated carbocycles. The fourth-order valence-electron chi connectivity index (χ4n) is 3.64. The zero-order valence-corrected chi connectivity index (χ0v) is 13.1. The first-order chi connectivity index (χ1) is 8.69. The summed E-state index contributed by atoms with van der Waals surface area (Å²) < 4.78 is 6.24. The summed E-state index contributed by atoms with van der Waals surface area (Å²) in [5, 5.41) is 0.620. The average Bonchev–Trinajstić information content (AvgIpc) is 2.29. The predicted octanol–water partition coefficient (Wildman–Crippen LogP) is 4.83. The van der Waals surface area contributed by atoms with Gasteiger partial charge in [0.1, 0.15) is 11.9 Å². The smallest absolute Gasteiger partial charge is 0.124 e. The first-order valence-electron chi connectivity index (χ1n) is 6.61. The number of hydrogen-bond acceptors (Lipinski definition) is 1. The molecule has 0 spiro atoms. The molecule has 1 aliphatic carbocycles. The van der Waals surface area contributed by atoms with Crippen molar-refractivity contribution in [1.29, 1.82) is 0 Å². The van der Waals surface area contributed by atoms with Gasteiger partial charge in [0.25, 0.3) is 0 Å². The van der Waals surface area contributed by atoms with Crippen molar-refractivity contribution in [3.8, 4) is 18.1 Å². The van der Waals surface area contributed by atoms with Crippen LogP contribution in [0.2, 0.25) is 5.02 Å². The zero-order chi connectivity index (χ0) is 14.4. The summed E-state index contributed by atoms with van der Waals surface area (Å²) >= 11 is 6.26. The Bertz CT molecular complexity index is 535. The van der Waals surface area contributed by atoms with Crippen molar-refractivity contribution in [1.82, 2.24) is 0 Å². The van der Waals surface area contributed by atoms with Crippen molar-refractivity contribution in [3.05, 3.63) is 28.3 Å². The van der Waals surface area contributed by atoms with Crippen molar-refractivity contribution < 1.29 is 4.74 Å². The molecule has 2 rings (SSSR count). The molecule has 0 radical (unpaired) electrons. The Hall–Kier alpha value is -1.13. The molecular weight excluding hydrogens is 256 g/mol. The quantitative estimate of drug-likeness (QED) is 0.703. The summed E-state index contributed by atoms with van der Waals surface area (Å²) in [6.45, 7) is 10.9. The average molecular weight is 277 g/mol. The van der Waals surface area contributed by atoms with E-state index in [1.807, 2.05) is 19.1 Å². The minimum Gasteiger partial charge on any atom is -0.489 e. The molecule has 1 fully saturated rings. The lowest BCUT2D eigenvalue weighted by atomic mass is 9.53. The molecular formula is C17H21ClO. The number of ether oxygens (including phenoxy) is 1. The van der Waals surface area contributed by atoms with Crippen LogP contribution in [0.25, 0.3) is 0 Å². The van der Waals surface area contributed by atoms with Gasteiger partial charge in [-0.2, -0.15) is 0 Å². The maximum absolute atomic E-state index is 6.26. The predicted molar refractivity (Wildman–Crippen MR) is 80.7 cm³/mol. The summed E-state index contributed by atoms with van der Waals surface area (Å²) in [5.41, 5.74) is 2.05. The second kappa shape index (κ2) is 4.46. The van der Waals surface area contributed by atoms with Crippen LogP contribution in [0, 0.1) is 30.1 Å². The Balaban J connectivity index is 2.31. The monoisotopic (exact) mass is 276 g/mol. The fourth-order valence-corrected chi connectivity index (χ4v) is 3.85. The van der Waals surface area contributed by atoms with E-state index in [9.17, 15) is 0 Å². The molecule has 1 nitrogen and oxygen atoms in total. The third-order valence-electron chi connectivity index (χ3n) is 4.07. The number of terminal acetylenes is 1. The molecule has 0 bridgehead atoms. The van der Waals surface area contributed by atoms with Gasteiger partial charge < -0.3 is 4.74 Å². The van der Waals surface area contributed by atoms with Gasteiger partial charge in [-0.1, -0.05) is 45.2 Å². The van der Waals surface area contributed by atoms with E-state index in [2.05, 4.69) is 33.6 Å². The highest BCUT2D eigenvalue weighted by Crippen LogP contribution is 2.55. The molecule has 102 valence electrons. The molecule has 19 heavy (non-hydrogen) atoms. The topological polar surface area (TPSA) is 9.23 Å². The van der Waals surface area contributed by atoms with E-state index in [4.69, 9.17) is 22.8 Å². The first-order valence-corrected chi connectivity index (χ1v) is 6.99. The molecule has 0 amide bonds. The Morgan fingerprint density at radius 2 is 1.84 bits per heavy atom. The Labute approximate surface area is 121 Å². The summed E-state index contributed by atoms with van der Waals surface area (Å²) in [7, 11) is 0. The summed E-state index contributed by atoms with van der Waals surface area (Å²) in [6.07, 6.45) is 6.79. The van der Waals surface area contributed by atoms with E-state index >= 15 is 0 Å². The van der Waals surface area contributed by atoms with Gasteiger partial charge in [0.2, 0.25) is 0 Å². The molecule has 0 atom stereocenters. The van der Waals surface area contributed by atoms with Gasteiger partial charge in [-0.05, 0) is 25.5 Å². The van der Waals surface area contributed by atoms with Crippen LogP contribution in [0.5, 0.6) is 5.75 Å². The van der Waals surface area contributed by atoms with E-state index < -0.39 is 0 Å². The van der Waals surface area contributed by atoms with Crippen LogP contribution in [0.4, 0.5) is 0 Å². The van der Waals surface area contributed by atoms with E-state index in [-0.39, 0.29) is 16.9 Å². The first kappa shape index (κ1) is 14.3. The van der Waals surface area contributed by atoms with Gasteiger partial charge in [-0.25, -0.2) is 0 Å². The van der Waals surface area contributed by atoms with Gasteiger partial charge >= 0.3 is 0 Å². The van der Waals surface area contributed by atoms with Crippen molar-refractivity contribution in [3.63, 3.8) is 0 Å². The maximum atomic E-state index is 6.26. The van der Waals surface area contributed by atoms with Gasteiger partial charge in [-0.3, -0.25) is 0 Å². The number of halogens is 1. The molecule has 0 N–H and O–H groups in total. The SMILES string of the molecule is C#Cc1ccc(OC2C(C)(C)CC2(C)C)c(C)c1Cl. The van der Waals surface area contributed by atoms with Crippen LogP contribution in [0.15, 0.2) is 12.1 Å². The summed E-state index contributed by atoms with van der Waals surface area (Å²) in [4.78, 5) is 0. The van der Waals surface area contributed by atoms with Crippen LogP contribution >= 0.6 is 11.6 Å². The molecule has 2 heteroatoms. The van der Waals surface area contributed by atoms with Crippen molar-refractivity contribution in [2.45, 2.75) is 47.1 Å². The molecule has 0 heterocycles. The summed E-state index contributed by atoms with van der Waals surface area (Å²) in [6, 6.07) is 3.78. The van der Waals surface area contributed by atoms with Crippen molar-refractivity contribution >= 4 is 11.6 Å². The summed E-state index contributed by atoms with van der Waals surface area (Å²) in [5.74, 6) is 3.43. The van der Waals surface area contributed by atoms with Crippen LogP contribution < -0.4 is 4.74 Å². The molecule has 0 aliphatic heterocycles. The highest BCUT2D eigenvalue weighted by molar-refractivity contribution is 6.32. The molecule has 1 aliphatic rings.